The highest BCUT2D eigenvalue weighted by Crippen LogP contribution is 2.28. The van der Waals surface area contributed by atoms with Crippen molar-refractivity contribution in [3.63, 3.8) is 0 Å². The van der Waals surface area contributed by atoms with E-state index < -0.39 is 42.0 Å². The number of piperidine rings is 1. The molecule has 23 heavy (non-hydrogen) atoms. The van der Waals surface area contributed by atoms with Gasteiger partial charge in [-0.3, -0.25) is 9.59 Å². The highest BCUT2D eigenvalue weighted by molar-refractivity contribution is 5.89. The summed E-state index contributed by atoms with van der Waals surface area (Å²) in [4.78, 5) is 36.7. The van der Waals surface area contributed by atoms with E-state index in [1.54, 1.807) is 0 Å². The van der Waals surface area contributed by atoms with Crippen LogP contribution in [0.2, 0.25) is 0 Å². The number of carbonyl (C=O) groups is 3. The smallest absolute Gasteiger partial charge is 0.406 e. The first-order chi connectivity index (χ1) is 10.5. The molecule has 2 saturated heterocycles. The van der Waals surface area contributed by atoms with Gasteiger partial charge in [-0.15, -0.1) is 0 Å². The van der Waals surface area contributed by atoms with E-state index in [0.717, 1.165) is 0 Å². The third-order valence-electron chi connectivity index (χ3n) is 4.23. The average molecular weight is 338 g/mol. The van der Waals surface area contributed by atoms with Crippen molar-refractivity contribution < 1.29 is 37.8 Å². The molecule has 2 amide bonds. The largest absolute Gasteiger partial charge is 0.479 e. The number of hydrogen-bond donors (Lipinski definition) is 2. The molecule has 0 saturated carbocycles. The van der Waals surface area contributed by atoms with Crippen molar-refractivity contribution in [2.24, 2.45) is 5.92 Å². The van der Waals surface area contributed by atoms with Gasteiger partial charge in [0.25, 0.3) is 0 Å². The minimum Gasteiger partial charge on any atom is -0.479 e. The van der Waals surface area contributed by atoms with Crippen LogP contribution >= 0.6 is 0 Å². The summed E-state index contributed by atoms with van der Waals surface area (Å²) in [5.41, 5.74) is -1.88. The Kier molecular flexibility index (Phi) is 4.56. The summed E-state index contributed by atoms with van der Waals surface area (Å²) in [5, 5.41) is 18.7. The Labute approximate surface area is 129 Å². The average Bonchev–Trinajstić information content (AvgIpc) is 2.78. The number of amides is 2. The Balaban J connectivity index is 1.93. The molecule has 0 bridgehead atoms. The Hall–Kier alpha value is -1.84. The van der Waals surface area contributed by atoms with Gasteiger partial charge in [-0.1, -0.05) is 0 Å². The van der Waals surface area contributed by atoms with E-state index in [2.05, 4.69) is 0 Å². The maximum Gasteiger partial charge on any atom is 0.406 e. The fraction of sp³-hybridized carbons (Fsp3) is 0.769. The molecule has 2 N–H and O–H groups in total. The highest BCUT2D eigenvalue weighted by atomic mass is 19.4. The molecule has 2 fully saturated rings. The molecule has 0 aromatic rings. The van der Waals surface area contributed by atoms with Gasteiger partial charge in [0.15, 0.2) is 5.60 Å². The summed E-state index contributed by atoms with van der Waals surface area (Å²) in [6, 6.07) is 0. The Morgan fingerprint density at radius 1 is 1.26 bits per heavy atom. The quantitative estimate of drug-likeness (QED) is 0.745. The Morgan fingerprint density at radius 3 is 2.30 bits per heavy atom. The normalized spacial score (nSPS) is 24.9. The molecule has 0 aromatic heterocycles. The van der Waals surface area contributed by atoms with Gasteiger partial charge in [-0.25, -0.2) is 4.79 Å². The third-order valence-corrected chi connectivity index (χ3v) is 4.23. The maximum absolute atomic E-state index is 12.4. The van der Waals surface area contributed by atoms with E-state index in [1.807, 2.05) is 0 Å². The van der Waals surface area contributed by atoms with Crippen LogP contribution in [-0.4, -0.2) is 75.8 Å². The van der Waals surface area contributed by atoms with Crippen molar-refractivity contribution in [3.05, 3.63) is 0 Å². The number of halogens is 3. The summed E-state index contributed by atoms with van der Waals surface area (Å²) in [6.07, 6.45) is -5.10. The van der Waals surface area contributed by atoms with Crippen LogP contribution in [0, 0.1) is 5.92 Å². The number of carboxylic acids is 1. The van der Waals surface area contributed by atoms with E-state index in [0.29, 0.717) is 4.90 Å². The van der Waals surface area contributed by atoms with Crippen LogP contribution in [0.15, 0.2) is 0 Å². The van der Waals surface area contributed by atoms with Crippen molar-refractivity contribution in [1.29, 1.82) is 0 Å². The van der Waals surface area contributed by atoms with Crippen LogP contribution in [0.5, 0.6) is 0 Å². The molecule has 0 aromatic carbocycles. The number of alkyl halides is 3. The number of carboxylic acid groups (broad SMARTS) is 1. The zero-order valence-electron chi connectivity index (χ0n) is 12.2. The molecule has 2 aliphatic rings. The van der Waals surface area contributed by atoms with Crippen molar-refractivity contribution in [3.8, 4) is 0 Å². The third kappa shape index (κ3) is 3.92. The van der Waals surface area contributed by atoms with Crippen LogP contribution in [-0.2, 0) is 14.4 Å². The lowest BCUT2D eigenvalue weighted by molar-refractivity contribution is -0.166. The van der Waals surface area contributed by atoms with Crippen LogP contribution in [0.25, 0.3) is 0 Å². The second kappa shape index (κ2) is 5.99. The van der Waals surface area contributed by atoms with Gasteiger partial charge >= 0.3 is 12.1 Å². The number of aliphatic carboxylic acids is 1. The summed E-state index contributed by atoms with van der Waals surface area (Å²) in [6.45, 7) is -1.69. The number of hydrogen-bond acceptors (Lipinski definition) is 4. The summed E-state index contributed by atoms with van der Waals surface area (Å²) in [7, 11) is 0. The zero-order chi connectivity index (χ0) is 17.4. The van der Waals surface area contributed by atoms with Gasteiger partial charge in [0.2, 0.25) is 11.8 Å². The molecule has 10 heteroatoms. The molecule has 1 atom stereocenters. The lowest BCUT2D eigenvalue weighted by Crippen LogP contribution is -2.52. The first kappa shape index (κ1) is 17.5. The summed E-state index contributed by atoms with van der Waals surface area (Å²) in [5.74, 6) is -3.42. The van der Waals surface area contributed by atoms with Gasteiger partial charge in [0.1, 0.15) is 6.54 Å². The van der Waals surface area contributed by atoms with Crippen molar-refractivity contribution >= 4 is 17.8 Å². The van der Waals surface area contributed by atoms with E-state index in [1.165, 1.54) is 4.90 Å². The van der Waals surface area contributed by atoms with Crippen molar-refractivity contribution in [1.82, 2.24) is 9.80 Å². The Morgan fingerprint density at radius 2 is 1.83 bits per heavy atom. The van der Waals surface area contributed by atoms with E-state index >= 15 is 0 Å². The number of aliphatic hydroxyl groups is 1. The number of likely N-dealkylation sites (tertiary alicyclic amines) is 2. The first-order valence-corrected chi connectivity index (χ1v) is 7.11. The predicted octanol–water partition coefficient (Wildman–Crippen LogP) is -0.165. The predicted molar refractivity (Wildman–Crippen MR) is 69.1 cm³/mol. The minimum atomic E-state index is -4.52. The summed E-state index contributed by atoms with van der Waals surface area (Å²) >= 11 is 0. The lowest BCUT2D eigenvalue weighted by Gasteiger charge is -2.36. The Bertz CT molecular complexity index is 514. The van der Waals surface area contributed by atoms with Crippen molar-refractivity contribution in [2.45, 2.75) is 31.0 Å². The standard InChI is InChI=1S/C13H17F3N2O5/c14-13(15,16)7-18-6-8(5-9(18)19)10(20)17-3-1-12(23,2-4-17)11(21)22/h8,23H,1-7H2,(H,21,22). The van der Waals surface area contributed by atoms with E-state index in [4.69, 9.17) is 5.11 Å². The molecule has 1 unspecified atom stereocenters. The first-order valence-electron chi connectivity index (χ1n) is 7.11. The van der Waals surface area contributed by atoms with Crippen molar-refractivity contribution in [2.75, 3.05) is 26.2 Å². The maximum atomic E-state index is 12.4. The number of carbonyl (C=O) groups excluding carboxylic acids is 2. The second-order valence-electron chi connectivity index (χ2n) is 5.95. The number of rotatable bonds is 3. The van der Waals surface area contributed by atoms with Crippen LogP contribution in [0.3, 0.4) is 0 Å². The molecule has 2 heterocycles. The number of nitrogens with zero attached hydrogens (tertiary/aromatic N) is 2. The SMILES string of the molecule is O=C1CC(C(=O)N2CCC(O)(C(=O)O)CC2)CN1CC(F)(F)F. The second-order valence-corrected chi connectivity index (χ2v) is 5.95. The minimum absolute atomic E-state index is 0.00834. The fourth-order valence-corrected chi connectivity index (χ4v) is 2.88. The molecular formula is C13H17F3N2O5. The zero-order valence-corrected chi connectivity index (χ0v) is 12.2. The molecular weight excluding hydrogens is 321 g/mol. The molecule has 0 spiro atoms. The van der Waals surface area contributed by atoms with Gasteiger partial charge in [-0.05, 0) is 0 Å². The van der Waals surface area contributed by atoms with E-state index in [9.17, 15) is 32.7 Å². The lowest BCUT2D eigenvalue weighted by atomic mass is 9.91. The van der Waals surface area contributed by atoms with Gasteiger partial charge in [-0.2, -0.15) is 13.2 Å². The van der Waals surface area contributed by atoms with Crippen LogP contribution in [0.4, 0.5) is 13.2 Å². The molecule has 130 valence electrons. The highest BCUT2D eigenvalue weighted by Gasteiger charge is 2.44. The van der Waals surface area contributed by atoms with Gasteiger partial charge in [0.05, 0.1) is 5.92 Å². The summed E-state index contributed by atoms with van der Waals surface area (Å²) < 4.78 is 37.1. The van der Waals surface area contributed by atoms with Crippen LogP contribution < -0.4 is 0 Å². The monoisotopic (exact) mass is 338 g/mol. The molecule has 0 radical (unpaired) electrons. The van der Waals surface area contributed by atoms with Crippen LogP contribution in [0.1, 0.15) is 19.3 Å². The molecule has 2 rings (SSSR count). The van der Waals surface area contributed by atoms with Gasteiger partial charge in [0, 0.05) is 38.9 Å². The van der Waals surface area contributed by atoms with E-state index in [-0.39, 0.29) is 38.9 Å². The molecule has 2 aliphatic heterocycles. The topological polar surface area (TPSA) is 98.2 Å². The fourth-order valence-electron chi connectivity index (χ4n) is 2.88. The van der Waals surface area contributed by atoms with Gasteiger partial charge < -0.3 is 20.0 Å². The molecule has 0 aliphatic carbocycles. The molecule has 7 nitrogen and oxygen atoms in total.